The lowest BCUT2D eigenvalue weighted by Crippen LogP contribution is -2.49. The molecular weight excluding hydrogens is 365 g/mol. The Morgan fingerprint density at radius 3 is 2.21 bits per heavy atom. The van der Waals surface area contributed by atoms with Gasteiger partial charge in [-0.2, -0.15) is 0 Å². The normalized spacial score (nSPS) is 29.4. The van der Waals surface area contributed by atoms with Gasteiger partial charge in [0.1, 0.15) is 9.93 Å². The maximum absolute atomic E-state index is 12.5. The first-order chi connectivity index (χ1) is 10.6. The van der Waals surface area contributed by atoms with Gasteiger partial charge in [0.25, 0.3) is 0 Å². The maximum atomic E-state index is 12.5. The van der Waals surface area contributed by atoms with Crippen LogP contribution in [0.15, 0.2) is 0 Å². The molecule has 0 N–H and O–H groups in total. The van der Waals surface area contributed by atoms with Gasteiger partial charge >= 0.3 is 6.09 Å². The Balaban J connectivity index is 2.09. The molecule has 0 spiro atoms. The molecule has 0 unspecified atom stereocenters. The predicted octanol–water partition coefficient (Wildman–Crippen LogP) is 5.05. The minimum Gasteiger partial charge on any atom is -0.444 e. The first-order valence-electron chi connectivity index (χ1n) is 8.59. The second kappa shape index (κ2) is 6.03. The SMILES string of the molecule is CC(C)(C)OC(=O)N1C[C@H]2[C@@H]([C@H]1CO[Si](C)(C)C(C)(C)C)C2(Cl)Cl. The standard InChI is InChI=1S/C17H31Cl2NO3Si/c1-15(2,3)23-14(21)20-9-11-13(17(11,18)19)12(20)10-22-24(7,8)16(4,5)6/h11-13H,9-10H2,1-8H3/t11-,12+,13-/m0/s1. The number of carbonyl (C=O) groups excluding carboxylic acids is 1. The van der Waals surface area contributed by atoms with E-state index in [0.29, 0.717) is 13.2 Å². The summed E-state index contributed by atoms with van der Waals surface area (Å²) in [5, 5.41) is 0.115. The largest absolute Gasteiger partial charge is 0.444 e. The number of likely N-dealkylation sites (tertiary alicyclic amines) is 1. The van der Waals surface area contributed by atoms with Crippen LogP contribution in [0.2, 0.25) is 18.1 Å². The molecule has 2 fully saturated rings. The highest BCUT2D eigenvalue weighted by Crippen LogP contribution is 2.65. The van der Waals surface area contributed by atoms with Crippen molar-refractivity contribution < 1.29 is 14.0 Å². The van der Waals surface area contributed by atoms with E-state index in [1.165, 1.54) is 0 Å². The number of amides is 1. The Morgan fingerprint density at radius 1 is 1.21 bits per heavy atom. The molecule has 24 heavy (non-hydrogen) atoms. The van der Waals surface area contributed by atoms with Gasteiger partial charge in [-0.05, 0) is 38.9 Å². The highest BCUT2D eigenvalue weighted by Gasteiger charge is 2.72. The number of piperidine rings is 1. The Labute approximate surface area is 157 Å². The fourth-order valence-corrected chi connectivity index (χ4v) is 4.85. The van der Waals surface area contributed by atoms with E-state index in [1.54, 1.807) is 4.90 Å². The van der Waals surface area contributed by atoms with Crippen molar-refractivity contribution in [3.05, 3.63) is 0 Å². The summed E-state index contributed by atoms with van der Waals surface area (Å²) in [6, 6.07) is -0.117. The summed E-state index contributed by atoms with van der Waals surface area (Å²) in [5.41, 5.74) is -0.520. The third-order valence-corrected chi connectivity index (χ3v) is 11.1. The van der Waals surface area contributed by atoms with Gasteiger partial charge in [-0.3, -0.25) is 0 Å². The topological polar surface area (TPSA) is 38.8 Å². The number of carbonyl (C=O) groups is 1. The van der Waals surface area contributed by atoms with Crippen LogP contribution < -0.4 is 0 Å². The smallest absolute Gasteiger partial charge is 0.410 e. The molecule has 1 aliphatic heterocycles. The van der Waals surface area contributed by atoms with Crippen LogP contribution >= 0.6 is 23.2 Å². The highest BCUT2D eigenvalue weighted by molar-refractivity contribution is 6.74. The van der Waals surface area contributed by atoms with Crippen LogP contribution in [-0.2, 0) is 9.16 Å². The number of alkyl halides is 2. The lowest BCUT2D eigenvalue weighted by molar-refractivity contribution is 0.0138. The van der Waals surface area contributed by atoms with Crippen LogP contribution in [0.3, 0.4) is 0 Å². The van der Waals surface area contributed by atoms with Crippen LogP contribution in [0.25, 0.3) is 0 Å². The van der Waals surface area contributed by atoms with Gasteiger partial charge in [0.2, 0.25) is 0 Å². The number of rotatable bonds is 3. The quantitative estimate of drug-likeness (QED) is 0.495. The van der Waals surface area contributed by atoms with Crippen LogP contribution in [0, 0.1) is 11.8 Å². The Kier molecular flexibility index (Phi) is 5.11. The van der Waals surface area contributed by atoms with Crippen LogP contribution in [0.1, 0.15) is 41.5 Å². The third-order valence-electron chi connectivity index (χ3n) is 5.52. The highest BCUT2D eigenvalue weighted by atomic mass is 35.5. The van der Waals surface area contributed by atoms with E-state index in [2.05, 4.69) is 33.9 Å². The Bertz CT molecular complexity index is 511. The molecule has 1 heterocycles. The molecule has 3 atom stereocenters. The van der Waals surface area contributed by atoms with Crippen molar-refractivity contribution in [3.8, 4) is 0 Å². The fourth-order valence-electron chi connectivity index (χ4n) is 2.95. The number of hydrogen-bond donors (Lipinski definition) is 0. The molecule has 4 nitrogen and oxygen atoms in total. The van der Waals surface area contributed by atoms with Crippen molar-refractivity contribution >= 4 is 37.6 Å². The predicted molar refractivity (Wildman–Crippen MR) is 101 cm³/mol. The summed E-state index contributed by atoms with van der Waals surface area (Å²) in [7, 11) is -1.91. The molecule has 1 amide bonds. The van der Waals surface area contributed by atoms with Crippen molar-refractivity contribution in [1.29, 1.82) is 0 Å². The van der Waals surface area contributed by atoms with Gasteiger partial charge in [-0.15, -0.1) is 23.2 Å². The van der Waals surface area contributed by atoms with E-state index >= 15 is 0 Å². The van der Waals surface area contributed by atoms with Crippen molar-refractivity contribution in [1.82, 2.24) is 4.90 Å². The minimum atomic E-state index is -1.91. The van der Waals surface area contributed by atoms with Crippen molar-refractivity contribution in [2.24, 2.45) is 11.8 Å². The van der Waals surface area contributed by atoms with Gasteiger partial charge in [-0.25, -0.2) is 4.79 Å². The zero-order valence-electron chi connectivity index (χ0n) is 16.1. The molecule has 2 rings (SSSR count). The first-order valence-corrected chi connectivity index (χ1v) is 12.3. The van der Waals surface area contributed by atoms with E-state index in [1.807, 2.05) is 20.8 Å². The average molecular weight is 396 g/mol. The lowest BCUT2D eigenvalue weighted by atomic mass is 10.2. The third kappa shape index (κ3) is 3.89. The van der Waals surface area contributed by atoms with E-state index in [4.69, 9.17) is 32.4 Å². The van der Waals surface area contributed by atoms with Crippen molar-refractivity contribution in [3.63, 3.8) is 0 Å². The summed E-state index contributed by atoms with van der Waals surface area (Å²) in [6.07, 6.45) is -0.303. The van der Waals surface area contributed by atoms with Crippen LogP contribution in [0.5, 0.6) is 0 Å². The van der Waals surface area contributed by atoms with Crippen LogP contribution in [0.4, 0.5) is 4.79 Å². The summed E-state index contributed by atoms with van der Waals surface area (Å²) in [4.78, 5) is 14.3. The van der Waals surface area contributed by atoms with E-state index in [0.717, 1.165) is 0 Å². The molecule has 0 aromatic carbocycles. The molecule has 1 saturated carbocycles. The molecular formula is C17H31Cl2NO3Si. The fraction of sp³-hybridized carbons (Fsp3) is 0.941. The average Bonchev–Trinajstić information content (AvgIpc) is 2.73. The number of ether oxygens (including phenoxy) is 1. The zero-order valence-corrected chi connectivity index (χ0v) is 18.6. The van der Waals surface area contributed by atoms with Crippen molar-refractivity contribution in [2.45, 2.75) is 75.7 Å². The number of hydrogen-bond acceptors (Lipinski definition) is 3. The lowest BCUT2D eigenvalue weighted by Gasteiger charge is -2.39. The maximum Gasteiger partial charge on any atom is 0.410 e. The molecule has 1 saturated heterocycles. The molecule has 0 aromatic rings. The summed E-state index contributed by atoms with van der Waals surface area (Å²) in [6.45, 7) is 17.6. The van der Waals surface area contributed by atoms with Gasteiger partial charge in [0, 0.05) is 18.4 Å². The van der Waals surface area contributed by atoms with Crippen molar-refractivity contribution in [2.75, 3.05) is 13.2 Å². The van der Waals surface area contributed by atoms with Gasteiger partial charge < -0.3 is 14.1 Å². The molecule has 0 aromatic heterocycles. The first kappa shape index (κ1) is 20.3. The van der Waals surface area contributed by atoms with Gasteiger partial charge in [0.15, 0.2) is 8.32 Å². The Morgan fingerprint density at radius 2 is 1.75 bits per heavy atom. The molecule has 140 valence electrons. The second-order valence-corrected chi connectivity index (χ2v) is 15.8. The van der Waals surface area contributed by atoms with E-state index in [-0.39, 0.29) is 29.0 Å². The monoisotopic (exact) mass is 395 g/mol. The molecule has 7 heteroatoms. The Hall–Kier alpha value is 0.0269. The summed E-state index contributed by atoms with van der Waals surface area (Å²) in [5.74, 6) is 0.180. The number of halogens is 2. The summed E-state index contributed by atoms with van der Waals surface area (Å²) < 4.78 is 11.2. The second-order valence-electron chi connectivity index (χ2n) is 9.58. The number of nitrogens with zero attached hydrogens (tertiary/aromatic N) is 1. The molecule has 0 radical (unpaired) electrons. The van der Waals surface area contributed by atoms with Gasteiger partial charge in [-0.1, -0.05) is 20.8 Å². The summed E-state index contributed by atoms with van der Waals surface area (Å²) >= 11 is 12.8. The zero-order chi connectivity index (χ0) is 18.7. The van der Waals surface area contributed by atoms with Gasteiger partial charge in [0.05, 0.1) is 12.6 Å². The molecule has 0 bridgehead atoms. The van der Waals surface area contributed by atoms with E-state index in [9.17, 15) is 4.79 Å². The number of fused-ring (bicyclic) bond motifs is 1. The van der Waals surface area contributed by atoms with E-state index < -0.39 is 18.3 Å². The minimum absolute atomic E-state index is 0.0677. The van der Waals surface area contributed by atoms with Crippen LogP contribution in [-0.4, -0.2) is 48.4 Å². The molecule has 2 aliphatic rings. The molecule has 1 aliphatic carbocycles.